The molecule has 1 atom stereocenters. The van der Waals surface area contributed by atoms with Crippen molar-refractivity contribution in [1.29, 1.82) is 0 Å². The van der Waals surface area contributed by atoms with Crippen LogP contribution in [0.5, 0.6) is 0 Å². The number of urea groups is 1. The van der Waals surface area contributed by atoms with Gasteiger partial charge in [-0.25, -0.2) is 4.79 Å². The Labute approximate surface area is 215 Å². The van der Waals surface area contributed by atoms with E-state index in [0.717, 1.165) is 16.9 Å². The van der Waals surface area contributed by atoms with Crippen LogP contribution in [0.1, 0.15) is 17.2 Å². The summed E-state index contributed by atoms with van der Waals surface area (Å²) in [5.74, 6) is -0.356. The lowest BCUT2D eigenvalue weighted by molar-refractivity contribution is -0.118. The topological polar surface area (TPSA) is 86.4 Å². The molecular formula is C28H26ClN5O2. The molecule has 0 radical (unpaired) electrons. The molecule has 0 fully saturated rings. The summed E-state index contributed by atoms with van der Waals surface area (Å²) >= 11 is 5.92. The van der Waals surface area contributed by atoms with Gasteiger partial charge in [0.05, 0.1) is 0 Å². The van der Waals surface area contributed by atoms with Gasteiger partial charge in [-0.2, -0.15) is 0 Å². The molecule has 0 saturated heterocycles. The van der Waals surface area contributed by atoms with E-state index in [2.05, 4.69) is 20.9 Å². The van der Waals surface area contributed by atoms with E-state index in [0.29, 0.717) is 22.0 Å². The number of carbonyl (C=O) groups excluding carboxylic acids is 2. The van der Waals surface area contributed by atoms with Crippen molar-refractivity contribution in [2.24, 2.45) is 0 Å². The molecule has 3 amide bonds. The van der Waals surface area contributed by atoms with Crippen molar-refractivity contribution < 1.29 is 9.59 Å². The molecule has 0 aliphatic heterocycles. The molecule has 8 heteroatoms. The predicted molar refractivity (Wildman–Crippen MR) is 145 cm³/mol. The first-order valence-electron chi connectivity index (χ1n) is 11.3. The standard InChI is InChI=1S/C28H26ClN5O2/c1-19-5-3-4-6-25(19)26(33-28(36)32-22-9-7-20(29)8-10-22)27(35)31-21-11-13-23(14-12-21)34(2)24-15-17-30-18-16-24/h3-18,26H,1-2H3,(H,31,35)(H2,32,33,36). The number of hydrogen-bond donors (Lipinski definition) is 3. The molecule has 1 heterocycles. The molecular weight excluding hydrogens is 474 g/mol. The van der Waals surface area contributed by atoms with E-state index >= 15 is 0 Å². The van der Waals surface area contributed by atoms with E-state index in [9.17, 15) is 9.59 Å². The van der Waals surface area contributed by atoms with Crippen LogP contribution in [-0.2, 0) is 4.79 Å². The molecule has 4 rings (SSSR count). The predicted octanol–water partition coefficient (Wildman–Crippen LogP) is 6.31. The third-order valence-corrected chi connectivity index (χ3v) is 5.96. The molecule has 0 aliphatic rings. The average Bonchev–Trinajstić information content (AvgIpc) is 2.89. The van der Waals surface area contributed by atoms with E-state index in [4.69, 9.17) is 11.6 Å². The Morgan fingerprint density at radius 2 is 1.39 bits per heavy atom. The van der Waals surface area contributed by atoms with Crippen LogP contribution in [0.3, 0.4) is 0 Å². The van der Waals surface area contributed by atoms with Crippen LogP contribution in [0.4, 0.5) is 27.5 Å². The minimum atomic E-state index is -0.905. The van der Waals surface area contributed by atoms with Gasteiger partial charge in [-0.3, -0.25) is 9.78 Å². The summed E-state index contributed by atoms with van der Waals surface area (Å²) in [5, 5.41) is 9.03. The van der Waals surface area contributed by atoms with Gasteiger partial charge in [0, 0.05) is 47.2 Å². The van der Waals surface area contributed by atoms with Crippen molar-refractivity contribution in [3.8, 4) is 0 Å². The first-order chi connectivity index (χ1) is 17.4. The number of pyridine rings is 1. The highest BCUT2D eigenvalue weighted by molar-refractivity contribution is 6.30. The molecule has 0 bridgehead atoms. The quantitative estimate of drug-likeness (QED) is 0.278. The molecule has 4 aromatic rings. The fourth-order valence-corrected chi connectivity index (χ4v) is 3.85. The number of aryl methyl sites for hydroxylation is 1. The van der Waals surface area contributed by atoms with Crippen molar-refractivity contribution in [1.82, 2.24) is 10.3 Å². The third kappa shape index (κ3) is 6.20. The lowest BCUT2D eigenvalue weighted by Crippen LogP contribution is -2.39. The number of halogens is 1. The molecule has 0 spiro atoms. The van der Waals surface area contributed by atoms with Gasteiger partial charge in [-0.05, 0) is 78.7 Å². The van der Waals surface area contributed by atoms with Crippen molar-refractivity contribution >= 4 is 46.3 Å². The second-order valence-electron chi connectivity index (χ2n) is 8.20. The summed E-state index contributed by atoms with van der Waals surface area (Å²) in [4.78, 5) is 32.2. The zero-order chi connectivity index (χ0) is 25.5. The smallest absolute Gasteiger partial charge is 0.320 e. The van der Waals surface area contributed by atoms with Crippen LogP contribution in [0.25, 0.3) is 0 Å². The first kappa shape index (κ1) is 24.8. The van der Waals surface area contributed by atoms with E-state index in [1.54, 1.807) is 36.7 Å². The second-order valence-corrected chi connectivity index (χ2v) is 8.63. The number of rotatable bonds is 7. The number of carbonyl (C=O) groups is 2. The van der Waals surface area contributed by atoms with Crippen LogP contribution in [-0.4, -0.2) is 24.0 Å². The summed E-state index contributed by atoms with van der Waals surface area (Å²) in [6.07, 6.45) is 3.48. The maximum Gasteiger partial charge on any atom is 0.320 e. The number of anilines is 4. The Hall–Kier alpha value is -4.36. The summed E-state index contributed by atoms with van der Waals surface area (Å²) < 4.78 is 0. The summed E-state index contributed by atoms with van der Waals surface area (Å²) in [5.41, 5.74) is 4.72. The Bertz CT molecular complexity index is 1330. The molecule has 1 unspecified atom stereocenters. The van der Waals surface area contributed by atoms with Gasteiger partial charge in [0.15, 0.2) is 0 Å². The van der Waals surface area contributed by atoms with Gasteiger partial charge < -0.3 is 20.9 Å². The average molecular weight is 500 g/mol. The van der Waals surface area contributed by atoms with Crippen molar-refractivity contribution in [2.45, 2.75) is 13.0 Å². The fourth-order valence-electron chi connectivity index (χ4n) is 3.73. The normalized spacial score (nSPS) is 11.3. The summed E-state index contributed by atoms with van der Waals surface area (Å²) in [6.45, 7) is 1.90. The van der Waals surface area contributed by atoms with Gasteiger partial charge in [0.25, 0.3) is 5.91 Å². The van der Waals surface area contributed by atoms with Crippen LogP contribution in [0, 0.1) is 6.92 Å². The third-order valence-electron chi connectivity index (χ3n) is 5.71. The van der Waals surface area contributed by atoms with Crippen LogP contribution < -0.4 is 20.9 Å². The number of aromatic nitrogens is 1. The highest BCUT2D eigenvalue weighted by Gasteiger charge is 2.24. The number of nitrogens with zero attached hydrogens (tertiary/aromatic N) is 2. The van der Waals surface area contributed by atoms with Crippen LogP contribution in [0.2, 0.25) is 5.02 Å². The number of nitrogens with one attached hydrogen (secondary N) is 3. The highest BCUT2D eigenvalue weighted by atomic mass is 35.5. The zero-order valence-corrected chi connectivity index (χ0v) is 20.7. The lowest BCUT2D eigenvalue weighted by Gasteiger charge is -2.22. The first-order valence-corrected chi connectivity index (χ1v) is 11.7. The van der Waals surface area contributed by atoms with Crippen LogP contribution >= 0.6 is 11.6 Å². The van der Waals surface area contributed by atoms with E-state index in [1.807, 2.05) is 79.5 Å². The Morgan fingerprint density at radius 1 is 0.806 bits per heavy atom. The highest BCUT2D eigenvalue weighted by Crippen LogP contribution is 2.25. The van der Waals surface area contributed by atoms with Gasteiger partial charge in [-0.1, -0.05) is 35.9 Å². The molecule has 7 nitrogen and oxygen atoms in total. The maximum atomic E-state index is 13.3. The number of hydrogen-bond acceptors (Lipinski definition) is 4. The minimum absolute atomic E-state index is 0.356. The van der Waals surface area contributed by atoms with Crippen molar-refractivity contribution in [2.75, 3.05) is 22.6 Å². The Kier molecular flexibility index (Phi) is 7.82. The van der Waals surface area contributed by atoms with Crippen LogP contribution in [0.15, 0.2) is 97.3 Å². The molecule has 3 aromatic carbocycles. The second kappa shape index (κ2) is 11.4. The van der Waals surface area contributed by atoms with E-state index < -0.39 is 12.1 Å². The fraction of sp³-hybridized carbons (Fsp3) is 0.107. The maximum absolute atomic E-state index is 13.3. The van der Waals surface area contributed by atoms with Crippen molar-refractivity contribution in [3.63, 3.8) is 0 Å². The van der Waals surface area contributed by atoms with Crippen molar-refractivity contribution in [3.05, 3.63) is 113 Å². The SMILES string of the molecule is Cc1ccccc1C(NC(=O)Nc1ccc(Cl)cc1)C(=O)Nc1ccc(N(C)c2ccncc2)cc1. The molecule has 182 valence electrons. The summed E-state index contributed by atoms with van der Waals surface area (Å²) in [7, 11) is 1.96. The monoisotopic (exact) mass is 499 g/mol. The van der Waals surface area contributed by atoms with Gasteiger partial charge >= 0.3 is 6.03 Å². The summed E-state index contributed by atoms with van der Waals surface area (Å²) in [6, 6.07) is 24.1. The largest absolute Gasteiger partial charge is 0.345 e. The molecule has 0 aliphatic carbocycles. The molecule has 3 N–H and O–H groups in total. The zero-order valence-electron chi connectivity index (χ0n) is 19.9. The Morgan fingerprint density at radius 3 is 2.06 bits per heavy atom. The van der Waals surface area contributed by atoms with E-state index in [-0.39, 0.29) is 5.91 Å². The number of amides is 3. The molecule has 1 aromatic heterocycles. The lowest BCUT2D eigenvalue weighted by atomic mass is 10.0. The van der Waals surface area contributed by atoms with Gasteiger partial charge in [0.1, 0.15) is 6.04 Å². The molecule has 36 heavy (non-hydrogen) atoms. The number of benzene rings is 3. The van der Waals surface area contributed by atoms with Gasteiger partial charge in [0.2, 0.25) is 0 Å². The minimum Gasteiger partial charge on any atom is -0.345 e. The van der Waals surface area contributed by atoms with Gasteiger partial charge in [-0.15, -0.1) is 0 Å². The molecule has 0 saturated carbocycles. The Balaban J connectivity index is 1.49. The van der Waals surface area contributed by atoms with E-state index in [1.165, 1.54) is 0 Å².